The molecule has 0 saturated carbocycles. The molecule has 0 fully saturated rings. The first-order valence-electron chi connectivity index (χ1n) is 2.26. The lowest BCUT2D eigenvalue weighted by Gasteiger charge is -1.76. The van der Waals surface area contributed by atoms with E-state index in [2.05, 4.69) is 17.9 Å². The molecule has 0 aromatic rings. The second-order valence-corrected chi connectivity index (χ2v) is 1.27. The Hall–Kier alpha value is -0.430. The highest BCUT2D eigenvalue weighted by atomic mass is 35.5. The minimum Gasteiger partial charge on any atom is -0.474 e. The Bertz CT molecular complexity index is 46.5. The molecule has 0 saturated heterocycles. The highest BCUT2D eigenvalue weighted by molar-refractivity contribution is 6.17. The Morgan fingerprint density at radius 3 is 1.75 bits per heavy atom. The van der Waals surface area contributed by atoms with E-state index in [4.69, 9.17) is 11.6 Å². The van der Waals surface area contributed by atoms with Gasteiger partial charge in [0.05, 0.1) is 12.5 Å². The number of halogens is 1. The maximum atomic E-state index is 5.00. The topological polar surface area (TPSA) is 9.23 Å². The maximum absolute atomic E-state index is 5.00. The van der Waals surface area contributed by atoms with Crippen LogP contribution in [0.15, 0.2) is 25.7 Å². The van der Waals surface area contributed by atoms with Crippen molar-refractivity contribution in [2.45, 2.75) is 6.92 Å². The zero-order chi connectivity index (χ0) is 6.83. The van der Waals surface area contributed by atoms with Crippen LogP contribution in [0.1, 0.15) is 6.92 Å². The minimum atomic E-state index is 0.722. The van der Waals surface area contributed by atoms with Gasteiger partial charge in [-0.15, -0.1) is 11.6 Å². The zero-order valence-corrected chi connectivity index (χ0v) is 5.82. The van der Waals surface area contributed by atoms with E-state index in [9.17, 15) is 0 Å². The first kappa shape index (κ1) is 10.5. The van der Waals surface area contributed by atoms with Crippen molar-refractivity contribution in [3.05, 3.63) is 25.7 Å². The molecular formula is C6H11ClO. The van der Waals surface area contributed by atoms with Gasteiger partial charge in [0.2, 0.25) is 0 Å². The van der Waals surface area contributed by atoms with Crippen molar-refractivity contribution in [2.24, 2.45) is 0 Å². The summed E-state index contributed by atoms with van der Waals surface area (Å²) in [4.78, 5) is 0. The van der Waals surface area contributed by atoms with Gasteiger partial charge in [0.25, 0.3) is 0 Å². The first-order valence-corrected chi connectivity index (χ1v) is 2.80. The molecule has 0 radical (unpaired) electrons. The zero-order valence-electron chi connectivity index (χ0n) is 5.06. The van der Waals surface area contributed by atoms with Crippen LogP contribution < -0.4 is 0 Å². The molecule has 0 bridgehead atoms. The number of alkyl halides is 1. The Labute approximate surface area is 55.6 Å². The van der Waals surface area contributed by atoms with Crippen molar-refractivity contribution in [2.75, 3.05) is 5.88 Å². The molecule has 0 aliphatic carbocycles. The summed E-state index contributed by atoms with van der Waals surface area (Å²) in [6.07, 6.45) is 2.62. The third kappa shape index (κ3) is 47.2. The minimum absolute atomic E-state index is 0.722. The van der Waals surface area contributed by atoms with Gasteiger partial charge >= 0.3 is 0 Å². The fourth-order valence-corrected chi connectivity index (χ4v) is 0.0680. The Morgan fingerprint density at radius 2 is 1.75 bits per heavy atom. The molecule has 0 aliphatic rings. The van der Waals surface area contributed by atoms with Crippen LogP contribution >= 0.6 is 11.6 Å². The highest BCUT2D eigenvalue weighted by Crippen LogP contribution is 1.65. The first-order chi connectivity index (χ1) is 3.83. The highest BCUT2D eigenvalue weighted by Gasteiger charge is 1.45. The van der Waals surface area contributed by atoms with E-state index in [1.165, 1.54) is 12.5 Å². The second kappa shape index (κ2) is 16.0. The van der Waals surface area contributed by atoms with Gasteiger partial charge in [-0.3, -0.25) is 0 Å². The van der Waals surface area contributed by atoms with Gasteiger partial charge in [0.1, 0.15) is 0 Å². The van der Waals surface area contributed by atoms with Gasteiger partial charge in [-0.2, -0.15) is 0 Å². The van der Waals surface area contributed by atoms with E-state index >= 15 is 0 Å². The molecule has 0 aromatic carbocycles. The summed E-state index contributed by atoms with van der Waals surface area (Å²) >= 11 is 5.00. The van der Waals surface area contributed by atoms with E-state index in [-0.39, 0.29) is 0 Å². The molecule has 0 N–H and O–H groups in total. The molecule has 0 spiro atoms. The predicted octanol–water partition coefficient (Wildman–Crippen LogP) is 2.54. The largest absolute Gasteiger partial charge is 0.474 e. The Morgan fingerprint density at radius 1 is 1.50 bits per heavy atom. The van der Waals surface area contributed by atoms with Gasteiger partial charge < -0.3 is 4.74 Å². The van der Waals surface area contributed by atoms with Gasteiger partial charge in [0.15, 0.2) is 0 Å². The normalized spacial score (nSPS) is 5.75. The van der Waals surface area contributed by atoms with Gasteiger partial charge in [-0.05, 0) is 0 Å². The van der Waals surface area contributed by atoms with Crippen molar-refractivity contribution < 1.29 is 4.74 Å². The summed E-state index contributed by atoms with van der Waals surface area (Å²) in [5, 5.41) is 0. The smallest absolute Gasteiger partial charge is 0.0829 e. The van der Waals surface area contributed by atoms with E-state index < -0.39 is 0 Å². The molecule has 48 valence electrons. The molecular weight excluding hydrogens is 124 g/mol. The molecule has 0 atom stereocenters. The summed E-state index contributed by atoms with van der Waals surface area (Å²) in [6.45, 7) is 8.40. The summed E-state index contributed by atoms with van der Waals surface area (Å²) in [7, 11) is 0. The van der Waals surface area contributed by atoms with Gasteiger partial charge in [-0.1, -0.05) is 20.1 Å². The van der Waals surface area contributed by atoms with E-state index in [0.29, 0.717) is 0 Å². The number of hydrogen-bond acceptors (Lipinski definition) is 1. The number of rotatable bonds is 2. The Balaban J connectivity index is 0. The van der Waals surface area contributed by atoms with Crippen LogP contribution in [0.2, 0.25) is 0 Å². The molecule has 0 amide bonds. The summed E-state index contributed by atoms with van der Waals surface area (Å²) in [6, 6.07) is 0. The fourth-order valence-electron chi connectivity index (χ4n) is 0.0680. The standard InChI is InChI=1S/C4H6O.C2H5Cl/c1-3-5-4-2;1-2-3/h3-4H,1-2H2;2H2,1H3. The van der Waals surface area contributed by atoms with Crippen LogP contribution in [0.25, 0.3) is 0 Å². The van der Waals surface area contributed by atoms with Crippen LogP contribution in [0.3, 0.4) is 0 Å². The predicted molar refractivity (Wildman–Crippen MR) is 37.9 cm³/mol. The van der Waals surface area contributed by atoms with Crippen molar-refractivity contribution in [3.63, 3.8) is 0 Å². The van der Waals surface area contributed by atoms with Crippen LogP contribution in [0.5, 0.6) is 0 Å². The van der Waals surface area contributed by atoms with Crippen molar-refractivity contribution in [3.8, 4) is 0 Å². The summed E-state index contributed by atoms with van der Waals surface area (Å²) in [5.41, 5.74) is 0. The van der Waals surface area contributed by atoms with Crippen molar-refractivity contribution >= 4 is 11.6 Å². The number of ether oxygens (including phenoxy) is 1. The van der Waals surface area contributed by atoms with E-state index in [0.717, 1.165) is 5.88 Å². The molecule has 0 rings (SSSR count). The quantitative estimate of drug-likeness (QED) is 0.417. The average molecular weight is 135 g/mol. The van der Waals surface area contributed by atoms with Crippen LogP contribution in [0, 0.1) is 0 Å². The van der Waals surface area contributed by atoms with Gasteiger partial charge in [-0.25, -0.2) is 0 Å². The lowest BCUT2D eigenvalue weighted by atomic mass is 11.0. The summed E-state index contributed by atoms with van der Waals surface area (Å²) in [5.74, 6) is 0.722. The van der Waals surface area contributed by atoms with Crippen LogP contribution in [-0.4, -0.2) is 5.88 Å². The van der Waals surface area contributed by atoms with Gasteiger partial charge in [0, 0.05) is 5.88 Å². The molecule has 0 aromatic heterocycles. The monoisotopic (exact) mass is 134 g/mol. The van der Waals surface area contributed by atoms with E-state index in [1.54, 1.807) is 0 Å². The molecule has 0 unspecified atom stereocenters. The average Bonchev–Trinajstić information content (AvgIpc) is 1.71. The Kier molecular flexibility index (Phi) is 21.1. The van der Waals surface area contributed by atoms with E-state index in [1.807, 2.05) is 6.92 Å². The molecule has 2 heteroatoms. The molecule has 0 aliphatic heterocycles. The van der Waals surface area contributed by atoms with Crippen LogP contribution in [-0.2, 0) is 4.74 Å². The third-order valence-electron chi connectivity index (χ3n) is 0.192. The lowest BCUT2D eigenvalue weighted by Crippen LogP contribution is -1.52. The second-order valence-electron chi connectivity index (χ2n) is 0.737. The van der Waals surface area contributed by atoms with Crippen molar-refractivity contribution in [1.82, 2.24) is 0 Å². The third-order valence-corrected chi connectivity index (χ3v) is 0.192. The van der Waals surface area contributed by atoms with Crippen molar-refractivity contribution in [1.29, 1.82) is 0 Å². The summed E-state index contributed by atoms with van der Waals surface area (Å²) < 4.78 is 4.36. The molecule has 8 heavy (non-hydrogen) atoms. The SMILES string of the molecule is C=COC=C.CCCl. The maximum Gasteiger partial charge on any atom is 0.0829 e. The molecule has 0 heterocycles. The number of hydrogen-bond donors (Lipinski definition) is 0. The van der Waals surface area contributed by atoms with Crippen LogP contribution in [0.4, 0.5) is 0 Å². The molecule has 1 nitrogen and oxygen atoms in total. The lowest BCUT2D eigenvalue weighted by molar-refractivity contribution is 0.406. The fraction of sp³-hybridized carbons (Fsp3) is 0.333.